The summed E-state index contributed by atoms with van der Waals surface area (Å²) in [5.74, 6) is 1.26. The lowest BCUT2D eigenvalue weighted by Gasteiger charge is -2.09. The molecule has 0 bridgehead atoms. The molecule has 2 amide bonds. The van der Waals surface area contributed by atoms with Crippen molar-refractivity contribution in [2.45, 2.75) is 24.9 Å². The number of thioether (sulfide) groups is 1. The van der Waals surface area contributed by atoms with E-state index >= 15 is 0 Å². The SMILES string of the molecule is CCCCNC(=O)c1ccc(-n2ccnc2SCC(=O)Nc2ccc3c(c2)OCO3)cc1. The van der Waals surface area contributed by atoms with Gasteiger partial charge in [-0.2, -0.15) is 0 Å². The fourth-order valence-corrected chi connectivity index (χ4v) is 3.92. The molecule has 32 heavy (non-hydrogen) atoms. The van der Waals surface area contributed by atoms with E-state index in [1.807, 2.05) is 22.9 Å². The number of anilines is 1. The summed E-state index contributed by atoms with van der Waals surface area (Å²) in [6, 6.07) is 12.6. The van der Waals surface area contributed by atoms with E-state index in [0.29, 0.717) is 34.5 Å². The molecule has 0 atom stereocenters. The topological polar surface area (TPSA) is 94.5 Å². The Morgan fingerprint density at radius 2 is 1.94 bits per heavy atom. The van der Waals surface area contributed by atoms with Crippen LogP contribution < -0.4 is 20.1 Å². The van der Waals surface area contributed by atoms with Crippen LogP contribution in [0.2, 0.25) is 0 Å². The summed E-state index contributed by atoms with van der Waals surface area (Å²) in [6.45, 7) is 2.95. The minimum atomic E-state index is -0.150. The zero-order valence-corrected chi connectivity index (χ0v) is 18.5. The standard InChI is InChI=1S/C23H24N4O4S/c1-2-3-10-24-22(29)16-4-7-18(8-5-16)27-12-11-25-23(27)32-14-21(28)26-17-6-9-19-20(13-17)31-15-30-19/h4-9,11-13H,2-3,10,14-15H2,1H3,(H,24,29)(H,26,28). The quantitative estimate of drug-likeness (QED) is 0.378. The van der Waals surface area contributed by atoms with Gasteiger partial charge in [0, 0.05) is 41.9 Å². The minimum Gasteiger partial charge on any atom is -0.454 e. The summed E-state index contributed by atoms with van der Waals surface area (Å²) >= 11 is 1.33. The van der Waals surface area contributed by atoms with Gasteiger partial charge in [-0.05, 0) is 42.8 Å². The lowest BCUT2D eigenvalue weighted by atomic mass is 10.2. The molecule has 0 saturated heterocycles. The summed E-state index contributed by atoms with van der Waals surface area (Å²) in [5, 5.41) is 6.45. The molecule has 2 N–H and O–H groups in total. The molecule has 1 aromatic heterocycles. The van der Waals surface area contributed by atoms with E-state index in [4.69, 9.17) is 9.47 Å². The molecule has 9 heteroatoms. The van der Waals surface area contributed by atoms with Crippen LogP contribution in [0, 0.1) is 0 Å². The first-order chi connectivity index (χ1) is 15.6. The molecule has 166 valence electrons. The molecule has 1 aliphatic rings. The van der Waals surface area contributed by atoms with E-state index in [-0.39, 0.29) is 24.4 Å². The van der Waals surface area contributed by atoms with Gasteiger partial charge in [-0.15, -0.1) is 0 Å². The van der Waals surface area contributed by atoms with Gasteiger partial charge in [-0.1, -0.05) is 25.1 Å². The first-order valence-electron chi connectivity index (χ1n) is 10.4. The summed E-state index contributed by atoms with van der Waals surface area (Å²) in [5.41, 5.74) is 2.13. The van der Waals surface area contributed by atoms with E-state index in [2.05, 4.69) is 22.5 Å². The van der Waals surface area contributed by atoms with Crippen molar-refractivity contribution in [1.82, 2.24) is 14.9 Å². The highest BCUT2D eigenvalue weighted by atomic mass is 32.2. The molecule has 8 nitrogen and oxygen atoms in total. The zero-order valence-electron chi connectivity index (χ0n) is 17.7. The first kappa shape index (κ1) is 21.8. The van der Waals surface area contributed by atoms with Gasteiger partial charge in [-0.25, -0.2) is 4.98 Å². The summed E-state index contributed by atoms with van der Waals surface area (Å²) in [6.07, 6.45) is 5.51. The number of amides is 2. The number of rotatable bonds is 9. The molecule has 4 rings (SSSR count). The smallest absolute Gasteiger partial charge is 0.251 e. The molecule has 0 unspecified atom stereocenters. The molecular weight excluding hydrogens is 428 g/mol. The van der Waals surface area contributed by atoms with Crippen LogP contribution in [0.25, 0.3) is 5.69 Å². The Bertz CT molecular complexity index is 1100. The normalized spacial score (nSPS) is 11.9. The van der Waals surface area contributed by atoms with Gasteiger partial charge in [0.2, 0.25) is 12.7 Å². The average Bonchev–Trinajstić information content (AvgIpc) is 3.47. The number of imidazole rings is 1. The van der Waals surface area contributed by atoms with Gasteiger partial charge in [0.05, 0.1) is 5.75 Å². The number of nitrogens with one attached hydrogen (secondary N) is 2. The molecular formula is C23H24N4O4S. The van der Waals surface area contributed by atoms with Crippen LogP contribution in [0.5, 0.6) is 11.5 Å². The number of hydrogen-bond donors (Lipinski definition) is 2. The van der Waals surface area contributed by atoms with Crippen molar-refractivity contribution < 1.29 is 19.1 Å². The minimum absolute atomic E-state index is 0.0783. The Balaban J connectivity index is 1.34. The van der Waals surface area contributed by atoms with Crippen molar-refractivity contribution in [3.63, 3.8) is 0 Å². The molecule has 0 saturated carbocycles. The van der Waals surface area contributed by atoms with Crippen molar-refractivity contribution in [3.05, 3.63) is 60.4 Å². The van der Waals surface area contributed by atoms with Crippen LogP contribution in [-0.2, 0) is 4.79 Å². The lowest BCUT2D eigenvalue weighted by molar-refractivity contribution is -0.113. The van der Waals surface area contributed by atoms with E-state index in [1.54, 1.807) is 36.5 Å². The molecule has 0 fully saturated rings. The summed E-state index contributed by atoms with van der Waals surface area (Å²) in [7, 11) is 0. The number of benzene rings is 2. The molecule has 1 aliphatic heterocycles. The second-order valence-electron chi connectivity index (χ2n) is 7.14. The lowest BCUT2D eigenvalue weighted by Crippen LogP contribution is -2.24. The third-order valence-electron chi connectivity index (χ3n) is 4.82. The monoisotopic (exact) mass is 452 g/mol. The van der Waals surface area contributed by atoms with Crippen molar-refractivity contribution >= 4 is 29.3 Å². The van der Waals surface area contributed by atoms with Crippen LogP contribution in [0.4, 0.5) is 5.69 Å². The highest BCUT2D eigenvalue weighted by Crippen LogP contribution is 2.34. The number of aromatic nitrogens is 2. The molecule has 0 aliphatic carbocycles. The molecule has 0 radical (unpaired) electrons. The number of carbonyl (C=O) groups excluding carboxylic acids is 2. The van der Waals surface area contributed by atoms with E-state index < -0.39 is 0 Å². The largest absolute Gasteiger partial charge is 0.454 e. The maximum Gasteiger partial charge on any atom is 0.251 e. The average molecular weight is 453 g/mol. The summed E-state index contributed by atoms with van der Waals surface area (Å²) < 4.78 is 12.5. The maximum absolute atomic E-state index is 12.4. The van der Waals surface area contributed by atoms with Crippen LogP contribution in [0.1, 0.15) is 30.1 Å². The van der Waals surface area contributed by atoms with Gasteiger partial charge in [0.15, 0.2) is 16.7 Å². The van der Waals surface area contributed by atoms with Gasteiger partial charge in [-0.3, -0.25) is 14.2 Å². The second kappa shape index (κ2) is 10.2. The van der Waals surface area contributed by atoms with E-state index in [1.165, 1.54) is 11.8 Å². The third kappa shape index (κ3) is 5.23. The number of ether oxygens (including phenoxy) is 2. The predicted molar refractivity (Wildman–Crippen MR) is 123 cm³/mol. The van der Waals surface area contributed by atoms with Crippen molar-refractivity contribution in [2.75, 3.05) is 24.4 Å². The van der Waals surface area contributed by atoms with Crippen LogP contribution >= 0.6 is 11.8 Å². The Morgan fingerprint density at radius 3 is 2.75 bits per heavy atom. The number of hydrogen-bond acceptors (Lipinski definition) is 6. The van der Waals surface area contributed by atoms with Crippen LogP contribution in [-0.4, -0.2) is 40.5 Å². The molecule has 2 heterocycles. The number of fused-ring (bicyclic) bond motifs is 1. The Labute approximate surface area is 190 Å². The number of nitrogens with zero attached hydrogens (tertiary/aromatic N) is 2. The Kier molecular flexibility index (Phi) is 6.96. The Hall–Kier alpha value is -3.46. The van der Waals surface area contributed by atoms with Gasteiger partial charge < -0.3 is 20.1 Å². The first-order valence-corrected chi connectivity index (χ1v) is 11.4. The highest BCUT2D eigenvalue weighted by Gasteiger charge is 2.15. The van der Waals surface area contributed by atoms with Crippen molar-refractivity contribution in [3.8, 4) is 17.2 Å². The van der Waals surface area contributed by atoms with Gasteiger partial charge in [0.25, 0.3) is 5.91 Å². The molecule has 2 aromatic carbocycles. The summed E-state index contributed by atoms with van der Waals surface area (Å²) in [4.78, 5) is 28.9. The van der Waals surface area contributed by atoms with Crippen molar-refractivity contribution in [2.24, 2.45) is 0 Å². The fraction of sp³-hybridized carbons (Fsp3) is 0.261. The predicted octanol–water partition coefficient (Wildman–Crippen LogP) is 3.86. The number of carbonyl (C=O) groups is 2. The Morgan fingerprint density at radius 1 is 1.12 bits per heavy atom. The fourth-order valence-electron chi connectivity index (χ4n) is 3.15. The van der Waals surface area contributed by atoms with Crippen molar-refractivity contribution in [1.29, 1.82) is 0 Å². The number of unbranched alkanes of at least 4 members (excludes halogenated alkanes) is 1. The molecule has 3 aromatic rings. The van der Waals surface area contributed by atoms with E-state index in [0.717, 1.165) is 18.5 Å². The van der Waals surface area contributed by atoms with Gasteiger partial charge >= 0.3 is 0 Å². The van der Waals surface area contributed by atoms with Crippen LogP contribution in [0.15, 0.2) is 60.0 Å². The van der Waals surface area contributed by atoms with E-state index in [9.17, 15) is 9.59 Å². The van der Waals surface area contributed by atoms with Gasteiger partial charge in [0.1, 0.15) is 0 Å². The zero-order chi connectivity index (χ0) is 22.3. The third-order valence-corrected chi connectivity index (χ3v) is 5.79. The second-order valence-corrected chi connectivity index (χ2v) is 8.08. The highest BCUT2D eigenvalue weighted by molar-refractivity contribution is 7.99. The molecule has 0 spiro atoms. The van der Waals surface area contributed by atoms with Crippen LogP contribution in [0.3, 0.4) is 0 Å². The maximum atomic E-state index is 12.4.